The number of amides is 4. The number of hydrogen-bond donors (Lipinski definition) is 5. The van der Waals surface area contributed by atoms with Crippen molar-refractivity contribution in [3.05, 3.63) is 131 Å². The number of primary amides is 1. The number of nitrogens with one attached hydrogen (secondary N) is 2. The van der Waals surface area contributed by atoms with Gasteiger partial charge in [-0.1, -0.05) is 84.4 Å². The van der Waals surface area contributed by atoms with E-state index in [4.69, 9.17) is 17.2 Å². The Hall–Kier alpha value is -5.39. The van der Waals surface area contributed by atoms with Crippen molar-refractivity contribution in [3.8, 4) is 11.1 Å². The summed E-state index contributed by atoms with van der Waals surface area (Å²) in [5, 5.41) is 5.18. The van der Waals surface area contributed by atoms with Gasteiger partial charge in [0.2, 0.25) is 17.7 Å². The lowest BCUT2D eigenvalue weighted by Crippen LogP contribution is -2.55. The third kappa shape index (κ3) is 12.6. The monoisotopic (exact) mass is 682 g/mol. The summed E-state index contributed by atoms with van der Waals surface area (Å²) in [6, 6.07) is 29.3. The smallest absolute Gasteiger partial charge is 0.251 e. The first-order chi connectivity index (χ1) is 24.0. The number of nitrogens with zero attached hydrogens (tertiary/aromatic N) is 1. The van der Waals surface area contributed by atoms with Crippen LogP contribution in [0.25, 0.3) is 11.1 Å². The van der Waals surface area contributed by atoms with E-state index in [9.17, 15) is 23.6 Å². The van der Waals surface area contributed by atoms with Gasteiger partial charge in [0.25, 0.3) is 5.91 Å². The largest absolute Gasteiger partial charge is 0.368 e. The molecule has 4 aromatic rings. The number of rotatable bonds is 15. The molecule has 0 aliphatic heterocycles. The summed E-state index contributed by atoms with van der Waals surface area (Å²) in [7, 11) is 1.42. The van der Waals surface area contributed by atoms with E-state index in [1.54, 1.807) is 24.3 Å². The van der Waals surface area contributed by atoms with Gasteiger partial charge in [-0.05, 0) is 79.3 Å². The van der Waals surface area contributed by atoms with Crippen LogP contribution >= 0.6 is 0 Å². The Kier molecular flexibility index (Phi) is 15.8. The number of benzene rings is 4. The Labute approximate surface area is 293 Å². The Morgan fingerprint density at radius 2 is 1.46 bits per heavy atom. The maximum absolute atomic E-state index is 13.4. The van der Waals surface area contributed by atoms with Crippen molar-refractivity contribution in [2.24, 2.45) is 17.2 Å². The molecule has 0 spiro atoms. The van der Waals surface area contributed by atoms with Crippen molar-refractivity contribution in [2.75, 3.05) is 20.1 Å². The molecule has 50 heavy (non-hydrogen) atoms. The van der Waals surface area contributed by atoms with Crippen LogP contribution in [0.3, 0.4) is 0 Å². The Balaban J connectivity index is 0.000000429. The molecule has 0 fully saturated rings. The normalized spacial score (nSPS) is 11.7. The zero-order valence-corrected chi connectivity index (χ0v) is 28.6. The molecule has 0 aliphatic rings. The van der Waals surface area contributed by atoms with Crippen LogP contribution in [0.1, 0.15) is 46.3 Å². The van der Waals surface area contributed by atoms with Crippen LogP contribution in [-0.2, 0) is 27.3 Å². The maximum Gasteiger partial charge on any atom is 0.251 e. The number of halogens is 1. The van der Waals surface area contributed by atoms with Crippen molar-refractivity contribution in [2.45, 2.75) is 51.2 Å². The Bertz CT molecular complexity index is 1680. The molecule has 0 saturated carbocycles. The van der Waals surface area contributed by atoms with E-state index in [1.807, 2.05) is 6.07 Å². The summed E-state index contributed by atoms with van der Waals surface area (Å²) < 4.78 is 13.4. The fourth-order valence-corrected chi connectivity index (χ4v) is 5.07. The number of likely N-dealkylation sites (N-methyl/N-ethyl adjacent to an activating group) is 1. The van der Waals surface area contributed by atoms with Gasteiger partial charge in [-0.2, -0.15) is 0 Å². The number of unbranched alkanes of at least 4 members (excludes halogenated alkanes) is 1. The second-order valence-corrected chi connectivity index (χ2v) is 11.9. The molecule has 0 heterocycles. The molecule has 0 aliphatic carbocycles. The number of carbonyl (C=O) groups is 4. The molecule has 11 heteroatoms. The number of carbonyl (C=O) groups excluding carboxylic acids is 4. The summed E-state index contributed by atoms with van der Waals surface area (Å²) in [6.45, 7) is 2.44. The van der Waals surface area contributed by atoms with Crippen LogP contribution in [0.2, 0.25) is 0 Å². The molecule has 4 amide bonds. The molecule has 4 aromatic carbocycles. The number of nitrogens with two attached hydrogens (primary N) is 3. The minimum absolute atomic E-state index is 0.0507. The molecule has 0 radical (unpaired) electrons. The van der Waals surface area contributed by atoms with Gasteiger partial charge >= 0.3 is 0 Å². The zero-order valence-electron chi connectivity index (χ0n) is 28.6. The predicted molar refractivity (Wildman–Crippen MR) is 194 cm³/mol. The van der Waals surface area contributed by atoms with Crippen molar-refractivity contribution in [1.29, 1.82) is 0 Å². The van der Waals surface area contributed by atoms with Crippen LogP contribution in [0.4, 0.5) is 4.39 Å². The Morgan fingerprint density at radius 3 is 2.08 bits per heavy atom. The summed E-state index contributed by atoms with van der Waals surface area (Å²) in [6.07, 6.45) is 1.59. The first kappa shape index (κ1) is 39.1. The van der Waals surface area contributed by atoms with E-state index in [1.165, 1.54) is 52.9 Å². The lowest BCUT2D eigenvalue weighted by molar-refractivity contribution is -0.139. The fourth-order valence-electron chi connectivity index (χ4n) is 5.07. The molecular weight excluding hydrogens is 635 g/mol. The van der Waals surface area contributed by atoms with E-state index in [-0.39, 0.29) is 19.5 Å². The van der Waals surface area contributed by atoms with Crippen LogP contribution in [0.15, 0.2) is 103 Å². The highest BCUT2D eigenvalue weighted by Crippen LogP contribution is 2.18. The van der Waals surface area contributed by atoms with Gasteiger partial charge in [0, 0.05) is 25.6 Å². The maximum atomic E-state index is 13.4. The molecule has 0 aromatic heterocycles. The summed E-state index contributed by atoms with van der Waals surface area (Å²) in [4.78, 5) is 51.8. The highest BCUT2D eigenvalue weighted by molar-refractivity contribution is 5.97. The minimum Gasteiger partial charge on any atom is -0.368 e. The minimum atomic E-state index is -1.05. The summed E-state index contributed by atoms with van der Waals surface area (Å²) in [5.41, 5.74) is 22.2. The van der Waals surface area contributed by atoms with Crippen molar-refractivity contribution < 1.29 is 23.6 Å². The van der Waals surface area contributed by atoms with Gasteiger partial charge < -0.3 is 32.7 Å². The van der Waals surface area contributed by atoms with Crippen LogP contribution in [-0.4, -0.2) is 60.7 Å². The van der Waals surface area contributed by atoms with Crippen molar-refractivity contribution in [1.82, 2.24) is 15.5 Å². The lowest BCUT2D eigenvalue weighted by atomic mass is 10.0. The summed E-state index contributed by atoms with van der Waals surface area (Å²) in [5.74, 6) is -2.75. The molecule has 264 valence electrons. The zero-order chi connectivity index (χ0) is 36.5. The molecule has 8 N–H and O–H groups in total. The van der Waals surface area contributed by atoms with Gasteiger partial charge in [0.1, 0.15) is 17.9 Å². The van der Waals surface area contributed by atoms with Crippen LogP contribution in [0.5, 0.6) is 0 Å². The van der Waals surface area contributed by atoms with Gasteiger partial charge in [-0.3, -0.25) is 19.2 Å². The van der Waals surface area contributed by atoms with Gasteiger partial charge in [-0.25, -0.2) is 4.39 Å². The summed E-state index contributed by atoms with van der Waals surface area (Å²) >= 11 is 0. The third-order valence-corrected chi connectivity index (χ3v) is 8.10. The molecule has 2 unspecified atom stereocenters. The number of hydrogen-bond acceptors (Lipinski definition) is 6. The van der Waals surface area contributed by atoms with E-state index < -0.39 is 41.5 Å². The molecule has 2 atom stereocenters. The van der Waals surface area contributed by atoms with E-state index >= 15 is 0 Å². The topological polar surface area (TPSA) is 174 Å². The molecular formula is C39H47FN6O4. The van der Waals surface area contributed by atoms with Crippen LogP contribution in [0, 0.1) is 12.7 Å². The van der Waals surface area contributed by atoms with Crippen molar-refractivity contribution >= 4 is 23.6 Å². The molecule has 4 rings (SSSR count). The molecule has 0 bridgehead atoms. The predicted octanol–water partition coefficient (Wildman–Crippen LogP) is 3.85. The molecule has 0 saturated heterocycles. The SMILES string of the molecule is CN(C(=O)CNC(=O)c1cccc(CN)c1)C(Cc1ccc(F)cc1)C(=O)NC(CCCCN)C(N)=O.Cc1ccc(-c2ccccc2)cc1. The van der Waals surface area contributed by atoms with Gasteiger partial charge in [0.15, 0.2) is 0 Å². The second-order valence-electron chi connectivity index (χ2n) is 11.9. The lowest BCUT2D eigenvalue weighted by Gasteiger charge is -2.29. The van der Waals surface area contributed by atoms with Crippen molar-refractivity contribution in [3.63, 3.8) is 0 Å². The third-order valence-electron chi connectivity index (χ3n) is 8.10. The van der Waals surface area contributed by atoms with Gasteiger partial charge in [0.05, 0.1) is 6.54 Å². The first-order valence-electron chi connectivity index (χ1n) is 16.5. The average molecular weight is 683 g/mol. The van der Waals surface area contributed by atoms with E-state index in [2.05, 4.69) is 66.1 Å². The number of aryl methyl sites for hydroxylation is 1. The standard InChI is InChI=1S/C26H35FN6O4.C13H12/c1-33(23(34)16-31-25(36)19-6-4-5-18(13-19)15-29)22(14-17-8-10-20(27)11-9-17)26(37)32-21(24(30)35)7-2-3-12-28;1-11-7-9-13(10-8-11)12-5-3-2-4-6-12/h4-6,8-11,13,21-22H,2-3,7,12,14-16,28-29H2,1H3,(H2,30,35)(H,31,36)(H,32,37);2-10H,1H3. The average Bonchev–Trinajstić information content (AvgIpc) is 3.13. The quantitative estimate of drug-likeness (QED) is 0.119. The molecule has 10 nitrogen and oxygen atoms in total. The Morgan fingerprint density at radius 1 is 0.800 bits per heavy atom. The highest BCUT2D eigenvalue weighted by atomic mass is 19.1. The van der Waals surface area contributed by atoms with E-state index in [0.717, 1.165) is 5.56 Å². The first-order valence-corrected chi connectivity index (χ1v) is 16.5. The highest BCUT2D eigenvalue weighted by Gasteiger charge is 2.30. The fraction of sp³-hybridized carbons (Fsp3) is 0.282. The van der Waals surface area contributed by atoms with E-state index in [0.29, 0.717) is 36.9 Å². The van der Waals surface area contributed by atoms with Gasteiger partial charge in [-0.15, -0.1) is 0 Å². The van der Waals surface area contributed by atoms with Crippen LogP contribution < -0.4 is 27.8 Å². The second kappa shape index (κ2) is 20.2.